The summed E-state index contributed by atoms with van der Waals surface area (Å²) in [5.41, 5.74) is 3.75. The van der Waals surface area contributed by atoms with Gasteiger partial charge >= 0.3 is 5.97 Å². The Labute approximate surface area is 212 Å². The number of alkyl halides is 2. The molecule has 1 aliphatic heterocycles. The first-order valence-electron chi connectivity index (χ1n) is 11.6. The van der Waals surface area contributed by atoms with Gasteiger partial charge in [-0.2, -0.15) is 0 Å². The fraction of sp³-hybridized carbons (Fsp3) is 0.250. The number of benzene rings is 3. The highest BCUT2D eigenvalue weighted by molar-refractivity contribution is 6.38. The number of hydrogen-bond donors (Lipinski definition) is 0. The van der Waals surface area contributed by atoms with Crippen LogP contribution < -0.4 is 4.90 Å². The number of hydrogen-bond acceptors (Lipinski definition) is 4. The minimum atomic E-state index is -1.22. The lowest BCUT2D eigenvalue weighted by Gasteiger charge is -2.54. The van der Waals surface area contributed by atoms with Gasteiger partial charge in [0.2, 0.25) is 11.8 Å². The maximum atomic E-state index is 13.9. The van der Waals surface area contributed by atoms with Crippen LogP contribution in [0.4, 0.5) is 5.69 Å². The lowest BCUT2D eigenvalue weighted by molar-refractivity contribution is -0.122. The van der Waals surface area contributed by atoms with E-state index in [1.54, 1.807) is 24.3 Å². The van der Waals surface area contributed by atoms with Gasteiger partial charge in [-0.25, -0.2) is 9.69 Å². The molecule has 7 rings (SSSR count). The zero-order valence-electron chi connectivity index (χ0n) is 18.8. The summed E-state index contributed by atoms with van der Waals surface area (Å²) in [5, 5.41) is 0. The van der Waals surface area contributed by atoms with Crippen molar-refractivity contribution in [1.82, 2.24) is 0 Å². The van der Waals surface area contributed by atoms with Crippen molar-refractivity contribution in [3.8, 4) is 0 Å². The molecule has 0 aromatic heterocycles. The summed E-state index contributed by atoms with van der Waals surface area (Å²) in [6, 6.07) is 21.3. The molecule has 0 saturated carbocycles. The number of ether oxygens (including phenoxy) is 1. The highest BCUT2D eigenvalue weighted by Gasteiger charge is 2.73. The molecule has 35 heavy (non-hydrogen) atoms. The van der Waals surface area contributed by atoms with Crippen molar-refractivity contribution in [3.63, 3.8) is 0 Å². The first kappa shape index (κ1) is 22.3. The Kier molecular flexibility index (Phi) is 4.89. The molecule has 0 spiro atoms. The van der Waals surface area contributed by atoms with Crippen LogP contribution >= 0.6 is 23.2 Å². The van der Waals surface area contributed by atoms with E-state index in [0.717, 1.165) is 22.3 Å². The SMILES string of the molecule is CCCOC(=O)c1ccc(N2C(=O)[C@@H]3[C@H](C2=O)C2(Cl)c4ccccc4C3(Cl)c3ccccc32)cc1. The van der Waals surface area contributed by atoms with Gasteiger partial charge < -0.3 is 4.74 Å². The summed E-state index contributed by atoms with van der Waals surface area (Å²) < 4.78 is 5.18. The number of carbonyl (C=O) groups is 3. The fourth-order valence-electron chi connectivity index (χ4n) is 5.95. The van der Waals surface area contributed by atoms with Crippen LogP contribution in [0.2, 0.25) is 0 Å². The normalized spacial score (nSPS) is 27.9. The molecule has 2 amide bonds. The van der Waals surface area contributed by atoms with E-state index in [1.807, 2.05) is 55.5 Å². The highest BCUT2D eigenvalue weighted by atomic mass is 35.5. The molecule has 7 heteroatoms. The van der Waals surface area contributed by atoms with Gasteiger partial charge in [-0.1, -0.05) is 55.5 Å². The molecule has 0 unspecified atom stereocenters. The predicted molar refractivity (Wildman–Crippen MR) is 133 cm³/mol. The zero-order valence-corrected chi connectivity index (χ0v) is 20.3. The second-order valence-electron chi connectivity index (χ2n) is 9.16. The van der Waals surface area contributed by atoms with Gasteiger partial charge in [0, 0.05) is 0 Å². The molecule has 3 aromatic rings. The maximum absolute atomic E-state index is 13.9. The van der Waals surface area contributed by atoms with Crippen molar-refractivity contribution in [1.29, 1.82) is 0 Å². The van der Waals surface area contributed by atoms with Gasteiger partial charge in [-0.15, -0.1) is 23.2 Å². The van der Waals surface area contributed by atoms with Gasteiger partial charge in [-0.3, -0.25) is 9.59 Å². The predicted octanol–water partition coefficient (Wildman–Crippen LogP) is 5.35. The quantitative estimate of drug-likeness (QED) is 0.272. The number of rotatable bonds is 4. The Morgan fingerprint density at radius 1 is 0.800 bits per heavy atom. The molecule has 5 nitrogen and oxygen atoms in total. The molecule has 176 valence electrons. The molecular weight excluding hydrogens is 485 g/mol. The number of anilines is 1. The summed E-state index contributed by atoms with van der Waals surface area (Å²) in [5.74, 6) is -2.98. The van der Waals surface area contributed by atoms with E-state index >= 15 is 0 Å². The highest BCUT2D eigenvalue weighted by Crippen LogP contribution is 2.69. The topological polar surface area (TPSA) is 63.7 Å². The second kappa shape index (κ2) is 7.67. The van der Waals surface area contributed by atoms with Crippen LogP contribution in [-0.2, 0) is 24.1 Å². The van der Waals surface area contributed by atoms with Gasteiger partial charge in [0.25, 0.3) is 0 Å². The number of carbonyl (C=O) groups excluding carboxylic acids is 3. The Balaban J connectivity index is 1.47. The molecule has 0 N–H and O–H groups in total. The van der Waals surface area contributed by atoms with Crippen LogP contribution in [0.25, 0.3) is 0 Å². The maximum Gasteiger partial charge on any atom is 0.338 e. The first-order chi connectivity index (χ1) is 16.8. The molecular formula is C28H21Cl2NO4. The van der Waals surface area contributed by atoms with Gasteiger partial charge in [0.1, 0.15) is 9.75 Å². The van der Waals surface area contributed by atoms with Gasteiger partial charge in [0.05, 0.1) is 29.7 Å². The zero-order chi connectivity index (χ0) is 24.5. The Bertz CT molecular complexity index is 1280. The van der Waals surface area contributed by atoms with Gasteiger partial charge in [0.15, 0.2) is 0 Å². The fourth-order valence-corrected chi connectivity index (χ4v) is 7.04. The van der Waals surface area contributed by atoms with Crippen LogP contribution in [0.1, 0.15) is 46.0 Å². The lowest BCUT2D eigenvalue weighted by atomic mass is 9.54. The Morgan fingerprint density at radius 3 is 1.63 bits per heavy atom. The first-order valence-corrected chi connectivity index (χ1v) is 12.3. The third kappa shape index (κ3) is 2.74. The van der Waals surface area contributed by atoms with Crippen molar-refractivity contribution >= 4 is 46.7 Å². The summed E-state index contributed by atoms with van der Waals surface area (Å²) >= 11 is 14.9. The number of amides is 2. The van der Waals surface area contributed by atoms with E-state index in [4.69, 9.17) is 27.9 Å². The van der Waals surface area contributed by atoms with Crippen LogP contribution in [0.3, 0.4) is 0 Å². The standard InChI is InChI=1S/C28H21Cl2NO4/c1-2-15-35-26(34)16-11-13-17(14-12-16)31-24(32)22-23(25(31)33)28(30)19-8-4-3-7-18(19)27(22,29)20-9-5-6-10-21(20)28/h3-14,22-23H,2,15H2,1H3/t22-,23+,27?,28?. The Hall–Kier alpha value is -3.15. The molecule has 0 radical (unpaired) electrons. The smallest absolute Gasteiger partial charge is 0.338 e. The third-order valence-corrected chi connectivity index (χ3v) is 8.67. The molecule has 3 aromatic carbocycles. The molecule has 1 heterocycles. The minimum absolute atomic E-state index is 0.323. The summed E-state index contributed by atoms with van der Waals surface area (Å²) in [6.45, 7) is 2.24. The number of halogens is 2. The van der Waals surface area contributed by atoms with Crippen LogP contribution in [0.15, 0.2) is 72.8 Å². The monoisotopic (exact) mass is 505 g/mol. The third-order valence-electron chi connectivity index (χ3n) is 7.38. The number of imide groups is 1. The van der Waals surface area contributed by atoms with Crippen LogP contribution in [0.5, 0.6) is 0 Å². The Morgan fingerprint density at radius 2 is 1.23 bits per heavy atom. The summed E-state index contributed by atoms with van der Waals surface area (Å²) in [6.07, 6.45) is 0.717. The van der Waals surface area contributed by atoms with E-state index in [9.17, 15) is 14.4 Å². The van der Waals surface area contributed by atoms with E-state index in [0.29, 0.717) is 24.3 Å². The van der Waals surface area contributed by atoms with Gasteiger partial charge in [-0.05, 0) is 52.9 Å². The van der Waals surface area contributed by atoms with Crippen molar-refractivity contribution < 1.29 is 19.1 Å². The molecule has 2 bridgehead atoms. The van der Waals surface area contributed by atoms with E-state index in [1.165, 1.54) is 4.90 Å². The average molecular weight is 506 g/mol. The summed E-state index contributed by atoms with van der Waals surface area (Å²) in [7, 11) is 0. The summed E-state index contributed by atoms with van der Waals surface area (Å²) in [4.78, 5) is 38.8. The van der Waals surface area contributed by atoms with Crippen molar-refractivity contribution in [3.05, 3.63) is 101 Å². The van der Waals surface area contributed by atoms with Crippen molar-refractivity contribution in [2.24, 2.45) is 11.8 Å². The van der Waals surface area contributed by atoms with Crippen LogP contribution in [-0.4, -0.2) is 24.4 Å². The molecule has 1 fully saturated rings. The molecule has 3 aliphatic carbocycles. The van der Waals surface area contributed by atoms with E-state index in [2.05, 4.69) is 0 Å². The lowest BCUT2D eigenvalue weighted by Crippen LogP contribution is -2.57. The number of nitrogens with zero attached hydrogens (tertiary/aromatic N) is 1. The van der Waals surface area contributed by atoms with E-state index in [-0.39, 0.29) is 0 Å². The molecule has 2 atom stereocenters. The molecule has 1 saturated heterocycles. The van der Waals surface area contributed by atoms with E-state index < -0.39 is 39.4 Å². The minimum Gasteiger partial charge on any atom is -0.462 e. The van der Waals surface area contributed by atoms with Crippen LogP contribution in [0, 0.1) is 11.8 Å². The van der Waals surface area contributed by atoms with Crippen molar-refractivity contribution in [2.45, 2.75) is 23.1 Å². The largest absolute Gasteiger partial charge is 0.462 e. The average Bonchev–Trinajstić information content (AvgIpc) is 3.17. The second-order valence-corrected chi connectivity index (χ2v) is 10.4. The number of esters is 1. The molecule has 4 aliphatic rings. The van der Waals surface area contributed by atoms with Crippen molar-refractivity contribution in [2.75, 3.05) is 11.5 Å².